The van der Waals surface area contributed by atoms with E-state index in [0.717, 1.165) is 0 Å². The normalized spacial score (nSPS) is 29.1. The monoisotopic (exact) mass is 298 g/mol. The van der Waals surface area contributed by atoms with Crippen LogP contribution in [0.4, 0.5) is 5.95 Å². The minimum absolute atomic E-state index is 0.0463. The SMILES string of the molecule is Cc1cc(C(N)=O)nc(N[C@H]2CO[C@H](CO)[C@H](O)[C@@H]2O)n1. The van der Waals surface area contributed by atoms with E-state index < -0.39 is 36.9 Å². The summed E-state index contributed by atoms with van der Waals surface area (Å²) in [4.78, 5) is 19.2. The Hall–Kier alpha value is -1.81. The van der Waals surface area contributed by atoms with Gasteiger partial charge < -0.3 is 31.1 Å². The van der Waals surface area contributed by atoms with Crippen LogP contribution in [0.5, 0.6) is 0 Å². The molecule has 9 nitrogen and oxygen atoms in total. The quantitative estimate of drug-likeness (QED) is 0.419. The van der Waals surface area contributed by atoms with Crippen LogP contribution in [0.1, 0.15) is 16.2 Å². The zero-order valence-corrected chi connectivity index (χ0v) is 11.4. The number of aromatic nitrogens is 2. The Morgan fingerprint density at radius 3 is 2.81 bits per heavy atom. The lowest BCUT2D eigenvalue weighted by molar-refractivity contribution is -0.152. The van der Waals surface area contributed by atoms with Gasteiger partial charge in [0.15, 0.2) is 0 Å². The van der Waals surface area contributed by atoms with Crippen LogP contribution in [0.25, 0.3) is 0 Å². The van der Waals surface area contributed by atoms with Gasteiger partial charge in [-0.15, -0.1) is 0 Å². The molecule has 21 heavy (non-hydrogen) atoms. The van der Waals surface area contributed by atoms with Gasteiger partial charge in [0.25, 0.3) is 5.91 Å². The molecule has 1 amide bonds. The first-order chi connectivity index (χ1) is 9.92. The molecule has 2 heterocycles. The number of hydrogen-bond acceptors (Lipinski definition) is 8. The lowest BCUT2D eigenvalue weighted by Crippen LogP contribution is -2.56. The zero-order chi connectivity index (χ0) is 15.6. The Labute approximate surface area is 120 Å². The maximum absolute atomic E-state index is 11.2. The molecule has 1 aliphatic rings. The van der Waals surface area contributed by atoms with Crippen molar-refractivity contribution in [3.05, 3.63) is 17.5 Å². The number of aliphatic hydroxyl groups is 3. The summed E-state index contributed by atoms with van der Waals surface area (Å²) in [6, 6.07) is 0.767. The van der Waals surface area contributed by atoms with Crippen LogP contribution in [0.2, 0.25) is 0 Å². The largest absolute Gasteiger partial charge is 0.394 e. The van der Waals surface area contributed by atoms with Crippen LogP contribution in [0, 0.1) is 6.92 Å². The highest BCUT2D eigenvalue weighted by molar-refractivity contribution is 5.91. The van der Waals surface area contributed by atoms with Gasteiger partial charge in [0.1, 0.15) is 24.0 Å². The summed E-state index contributed by atoms with van der Waals surface area (Å²) in [6.07, 6.45) is -3.24. The third-order valence-electron chi connectivity index (χ3n) is 3.23. The molecule has 116 valence electrons. The Bertz CT molecular complexity index is 526. The van der Waals surface area contributed by atoms with Gasteiger partial charge in [0, 0.05) is 5.69 Å². The van der Waals surface area contributed by atoms with Crippen molar-refractivity contribution in [3.63, 3.8) is 0 Å². The molecule has 1 aromatic heterocycles. The highest BCUT2D eigenvalue weighted by Crippen LogP contribution is 2.18. The van der Waals surface area contributed by atoms with E-state index in [-0.39, 0.29) is 18.2 Å². The summed E-state index contributed by atoms with van der Waals surface area (Å²) in [5, 5.41) is 31.6. The summed E-state index contributed by atoms with van der Waals surface area (Å²) < 4.78 is 5.23. The topological polar surface area (TPSA) is 151 Å². The van der Waals surface area contributed by atoms with Gasteiger partial charge in [-0.25, -0.2) is 9.97 Å². The molecule has 1 aliphatic heterocycles. The molecule has 1 aromatic rings. The van der Waals surface area contributed by atoms with Gasteiger partial charge >= 0.3 is 0 Å². The summed E-state index contributed by atoms with van der Waals surface area (Å²) in [5.41, 5.74) is 5.75. The van der Waals surface area contributed by atoms with Crippen molar-refractivity contribution >= 4 is 11.9 Å². The molecule has 0 bridgehead atoms. The number of rotatable bonds is 4. The predicted octanol–water partition coefficient (Wildman–Crippen LogP) is -2.22. The second kappa shape index (κ2) is 6.31. The van der Waals surface area contributed by atoms with Crippen LogP contribution in [-0.4, -0.2) is 68.8 Å². The number of ether oxygens (including phenoxy) is 1. The Balaban J connectivity index is 2.13. The average Bonchev–Trinajstić information content (AvgIpc) is 2.43. The molecule has 0 unspecified atom stereocenters. The second-order valence-electron chi connectivity index (χ2n) is 4.87. The van der Waals surface area contributed by atoms with E-state index in [1.807, 2.05) is 0 Å². The van der Waals surface area contributed by atoms with Crippen molar-refractivity contribution < 1.29 is 24.9 Å². The zero-order valence-electron chi connectivity index (χ0n) is 11.4. The van der Waals surface area contributed by atoms with Crippen LogP contribution in [0.15, 0.2) is 6.07 Å². The van der Waals surface area contributed by atoms with E-state index in [2.05, 4.69) is 15.3 Å². The third kappa shape index (κ3) is 3.45. The fraction of sp³-hybridized carbons (Fsp3) is 0.583. The number of aryl methyl sites for hydroxylation is 1. The minimum Gasteiger partial charge on any atom is -0.394 e. The van der Waals surface area contributed by atoms with Gasteiger partial charge in [-0.3, -0.25) is 4.79 Å². The van der Waals surface area contributed by atoms with E-state index in [1.165, 1.54) is 6.07 Å². The summed E-state index contributed by atoms with van der Waals surface area (Å²) in [7, 11) is 0. The highest BCUT2D eigenvalue weighted by Gasteiger charge is 2.38. The smallest absolute Gasteiger partial charge is 0.267 e. The molecule has 0 saturated carbocycles. The Morgan fingerprint density at radius 2 is 2.19 bits per heavy atom. The molecule has 0 aromatic carbocycles. The number of nitrogens with zero attached hydrogens (tertiary/aromatic N) is 2. The minimum atomic E-state index is -1.23. The van der Waals surface area contributed by atoms with E-state index >= 15 is 0 Å². The molecule has 9 heteroatoms. The van der Waals surface area contributed by atoms with Crippen LogP contribution in [-0.2, 0) is 4.74 Å². The molecule has 0 radical (unpaired) electrons. The number of nitrogens with two attached hydrogens (primary N) is 1. The number of primary amides is 1. The summed E-state index contributed by atoms with van der Waals surface area (Å²) in [6.45, 7) is 1.33. The number of carbonyl (C=O) groups is 1. The second-order valence-corrected chi connectivity index (χ2v) is 4.87. The summed E-state index contributed by atoms with van der Waals surface area (Å²) >= 11 is 0. The molecule has 0 spiro atoms. The molecule has 1 fully saturated rings. The van der Waals surface area contributed by atoms with Gasteiger partial charge in [0.2, 0.25) is 5.95 Å². The van der Waals surface area contributed by atoms with E-state index in [4.69, 9.17) is 15.6 Å². The molecule has 2 rings (SSSR count). The third-order valence-corrected chi connectivity index (χ3v) is 3.23. The summed E-state index contributed by atoms with van der Waals surface area (Å²) in [5.74, 6) is -0.588. The maximum Gasteiger partial charge on any atom is 0.267 e. The average molecular weight is 298 g/mol. The number of anilines is 1. The molecular weight excluding hydrogens is 280 g/mol. The lowest BCUT2D eigenvalue weighted by atomic mass is 9.98. The first-order valence-electron chi connectivity index (χ1n) is 6.43. The molecular formula is C12H18N4O5. The van der Waals surface area contributed by atoms with Crippen molar-refractivity contribution in [1.82, 2.24) is 9.97 Å². The van der Waals surface area contributed by atoms with Crippen molar-refractivity contribution in [2.24, 2.45) is 5.73 Å². The molecule has 0 aliphatic carbocycles. The molecule has 1 saturated heterocycles. The van der Waals surface area contributed by atoms with Crippen LogP contribution in [0.3, 0.4) is 0 Å². The standard InChI is InChI=1S/C12H18N4O5/c1-5-2-6(11(13)20)15-12(14-5)16-7-4-21-8(3-17)10(19)9(7)18/h2,7-10,17-19H,3-4H2,1H3,(H2,13,20)(H,14,15,16)/t7-,8+,9+,10-/m0/s1. The van der Waals surface area contributed by atoms with Crippen molar-refractivity contribution in [2.45, 2.75) is 31.3 Å². The van der Waals surface area contributed by atoms with Crippen LogP contribution >= 0.6 is 0 Å². The van der Waals surface area contributed by atoms with E-state index in [1.54, 1.807) is 6.92 Å². The number of hydrogen-bond donors (Lipinski definition) is 5. The number of aliphatic hydroxyl groups excluding tert-OH is 3. The lowest BCUT2D eigenvalue weighted by Gasteiger charge is -2.37. The maximum atomic E-state index is 11.2. The van der Waals surface area contributed by atoms with Crippen molar-refractivity contribution in [1.29, 1.82) is 0 Å². The number of amides is 1. The number of nitrogens with one attached hydrogen (secondary N) is 1. The number of carbonyl (C=O) groups excluding carboxylic acids is 1. The fourth-order valence-corrected chi connectivity index (χ4v) is 2.10. The first kappa shape index (κ1) is 15.6. The molecule has 4 atom stereocenters. The van der Waals surface area contributed by atoms with Crippen molar-refractivity contribution in [2.75, 3.05) is 18.5 Å². The highest BCUT2D eigenvalue weighted by atomic mass is 16.5. The van der Waals surface area contributed by atoms with Crippen LogP contribution < -0.4 is 11.1 Å². The van der Waals surface area contributed by atoms with Gasteiger partial charge in [0.05, 0.1) is 19.3 Å². The van der Waals surface area contributed by atoms with Crippen molar-refractivity contribution in [3.8, 4) is 0 Å². The fourth-order valence-electron chi connectivity index (χ4n) is 2.10. The first-order valence-corrected chi connectivity index (χ1v) is 6.43. The van der Waals surface area contributed by atoms with Gasteiger partial charge in [-0.05, 0) is 13.0 Å². The van der Waals surface area contributed by atoms with Gasteiger partial charge in [-0.1, -0.05) is 0 Å². The Kier molecular flexibility index (Phi) is 4.68. The molecule has 6 N–H and O–H groups in total. The van der Waals surface area contributed by atoms with Gasteiger partial charge in [-0.2, -0.15) is 0 Å². The Morgan fingerprint density at radius 1 is 1.48 bits per heavy atom. The van der Waals surface area contributed by atoms with E-state index in [9.17, 15) is 15.0 Å². The van der Waals surface area contributed by atoms with E-state index in [0.29, 0.717) is 5.69 Å². The predicted molar refractivity (Wildman–Crippen MR) is 71.5 cm³/mol.